The van der Waals surface area contributed by atoms with Crippen LogP contribution >= 0.6 is 23.1 Å². The minimum absolute atomic E-state index is 0.0723. The monoisotopic (exact) mass is 980 g/mol. The van der Waals surface area contributed by atoms with Gasteiger partial charge in [0, 0.05) is 75.2 Å². The predicted octanol–water partition coefficient (Wildman–Crippen LogP) is 17.0. The van der Waals surface area contributed by atoms with Crippen LogP contribution in [0, 0.1) is 0 Å². The highest BCUT2D eigenvalue weighted by molar-refractivity contribution is 8.00. The predicted molar refractivity (Wildman–Crippen MR) is 309 cm³/mol. The highest BCUT2D eigenvalue weighted by Crippen LogP contribution is 2.56. The number of rotatable bonds is 5. The standard InChI is InChI=1S/C67H41BN2O2S2/c1-3-18-41(19-4-1)45-25-17-26-46(42-20-5-2-6-21-42)66(45)70-54-38-43(63-47-22-7-12-29-56(47)71-57-30-13-8-23-48(57)63)34-35-50(54)68-51-36-37-61-64(49-24-9-16-33-60(49)73-61)67(51)74-62-40-44(39-55(70)65(62)68)69-52-27-10-14-31-58(52)72-59-32-15-11-28-53(59)69/h1-40,63H. The molecule has 0 atom stereocenters. The second-order valence-electron chi connectivity index (χ2n) is 19.4. The molecule has 0 bridgehead atoms. The van der Waals surface area contributed by atoms with E-state index < -0.39 is 0 Å². The lowest BCUT2D eigenvalue weighted by molar-refractivity contribution is 0.453. The Morgan fingerprint density at radius 2 is 1.00 bits per heavy atom. The molecule has 7 heteroatoms. The van der Waals surface area contributed by atoms with Crippen molar-refractivity contribution >= 4 is 100 Å². The molecular weight excluding hydrogens is 940 g/mol. The third kappa shape index (κ3) is 6.24. The number of ether oxygens (including phenoxy) is 2. The molecule has 346 valence electrons. The fraction of sp³-hybridized carbons (Fsp3) is 0.0149. The van der Waals surface area contributed by atoms with E-state index in [2.05, 4.69) is 252 Å². The summed E-state index contributed by atoms with van der Waals surface area (Å²) in [7, 11) is 0. The van der Waals surface area contributed by atoms with E-state index in [1.807, 2.05) is 23.1 Å². The number of anilines is 6. The summed E-state index contributed by atoms with van der Waals surface area (Å²) in [5, 5.41) is 2.64. The van der Waals surface area contributed by atoms with Gasteiger partial charge in [0.2, 0.25) is 6.71 Å². The van der Waals surface area contributed by atoms with E-state index in [9.17, 15) is 0 Å². The van der Waals surface area contributed by atoms with Gasteiger partial charge in [-0.05, 0) is 94.3 Å². The molecule has 1 aromatic heterocycles. The molecule has 16 rings (SSSR count). The first-order valence-corrected chi connectivity index (χ1v) is 26.8. The van der Waals surface area contributed by atoms with Crippen molar-refractivity contribution in [3.8, 4) is 45.3 Å². The van der Waals surface area contributed by atoms with Crippen LogP contribution in [0.1, 0.15) is 22.6 Å². The van der Waals surface area contributed by atoms with Gasteiger partial charge in [-0.1, -0.05) is 193 Å². The van der Waals surface area contributed by atoms with Gasteiger partial charge >= 0.3 is 0 Å². The Labute approximate surface area is 437 Å². The topological polar surface area (TPSA) is 24.9 Å². The zero-order chi connectivity index (χ0) is 48.4. The number of hydrogen-bond donors (Lipinski definition) is 0. The van der Waals surface area contributed by atoms with Gasteiger partial charge in [-0.15, -0.1) is 11.3 Å². The molecule has 0 saturated heterocycles. The van der Waals surface area contributed by atoms with E-state index in [0.29, 0.717) is 0 Å². The van der Waals surface area contributed by atoms with Crippen molar-refractivity contribution in [1.29, 1.82) is 0 Å². The Hall–Kier alpha value is -8.75. The first kappa shape index (κ1) is 41.8. The number of benzene rings is 11. The molecule has 4 nitrogen and oxygen atoms in total. The Balaban J connectivity index is 1.05. The highest BCUT2D eigenvalue weighted by Gasteiger charge is 2.44. The van der Waals surface area contributed by atoms with E-state index >= 15 is 0 Å². The van der Waals surface area contributed by atoms with Crippen molar-refractivity contribution in [2.45, 2.75) is 15.7 Å². The second kappa shape index (κ2) is 16.4. The molecule has 0 amide bonds. The second-order valence-corrected chi connectivity index (χ2v) is 21.6. The van der Waals surface area contributed by atoms with Crippen LogP contribution in [0.25, 0.3) is 42.4 Å². The summed E-state index contributed by atoms with van der Waals surface area (Å²) >= 11 is 3.82. The number of para-hydroxylation sites is 7. The molecule has 0 unspecified atom stereocenters. The summed E-state index contributed by atoms with van der Waals surface area (Å²) in [6, 6.07) is 88.8. The van der Waals surface area contributed by atoms with Crippen molar-refractivity contribution in [2.75, 3.05) is 9.80 Å². The Morgan fingerprint density at radius 3 is 1.69 bits per heavy atom. The fourth-order valence-electron chi connectivity index (χ4n) is 12.3. The molecule has 4 aliphatic heterocycles. The SMILES string of the molecule is c1ccc(-c2cccc(-c3ccccc3)c2N2c3cc(C4c5ccccc5Oc5ccccc54)ccc3B3c4ccc5sc6ccccc6c5c4Sc4cc(N5c6ccccc6Oc6ccccc65)cc2c43)cc1. The van der Waals surface area contributed by atoms with Crippen molar-refractivity contribution in [2.24, 2.45) is 0 Å². The van der Waals surface area contributed by atoms with Crippen molar-refractivity contribution < 1.29 is 9.47 Å². The average molecular weight is 981 g/mol. The van der Waals surface area contributed by atoms with E-state index in [1.165, 1.54) is 51.9 Å². The largest absolute Gasteiger partial charge is 0.457 e. The van der Waals surface area contributed by atoms with Crippen LogP contribution in [0.4, 0.5) is 34.1 Å². The first-order chi connectivity index (χ1) is 36.7. The minimum atomic E-state index is -0.0729. The molecular formula is C67H41BN2O2S2. The zero-order valence-electron chi connectivity index (χ0n) is 39.8. The smallest absolute Gasteiger partial charge is 0.249 e. The molecule has 0 aliphatic carbocycles. The third-order valence-corrected chi connectivity index (χ3v) is 17.8. The van der Waals surface area contributed by atoms with Crippen LogP contribution in [0.3, 0.4) is 0 Å². The number of fused-ring (bicyclic) bond motifs is 12. The van der Waals surface area contributed by atoms with E-state index in [1.54, 1.807) is 0 Å². The van der Waals surface area contributed by atoms with Crippen LogP contribution in [-0.4, -0.2) is 6.71 Å². The van der Waals surface area contributed by atoms with Crippen molar-refractivity contribution in [3.05, 3.63) is 259 Å². The Morgan fingerprint density at radius 1 is 0.419 bits per heavy atom. The van der Waals surface area contributed by atoms with Gasteiger partial charge in [0.25, 0.3) is 0 Å². The molecule has 0 fully saturated rings. The summed E-state index contributed by atoms with van der Waals surface area (Å²) in [4.78, 5) is 7.62. The lowest BCUT2D eigenvalue weighted by atomic mass is 9.34. The van der Waals surface area contributed by atoms with Crippen LogP contribution in [0.5, 0.6) is 23.0 Å². The normalized spacial score (nSPS) is 13.7. The van der Waals surface area contributed by atoms with E-state index in [-0.39, 0.29) is 12.6 Å². The summed E-state index contributed by atoms with van der Waals surface area (Å²) in [5.41, 5.74) is 18.5. The van der Waals surface area contributed by atoms with Gasteiger partial charge in [-0.25, -0.2) is 0 Å². The van der Waals surface area contributed by atoms with Crippen LogP contribution < -0.4 is 35.7 Å². The molecule has 0 radical (unpaired) electrons. The Bertz CT molecular complexity index is 4140. The molecule has 0 spiro atoms. The number of nitrogens with zero attached hydrogens (tertiary/aromatic N) is 2. The van der Waals surface area contributed by atoms with Gasteiger partial charge in [0.15, 0.2) is 11.5 Å². The molecule has 12 aromatic rings. The van der Waals surface area contributed by atoms with Crippen molar-refractivity contribution in [3.63, 3.8) is 0 Å². The zero-order valence-corrected chi connectivity index (χ0v) is 41.4. The third-order valence-electron chi connectivity index (χ3n) is 15.4. The quantitative estimate of drug-likeness (QED) is 0.160. The first-order valence-electron chi connectivity index (χ1n) is 25.2. The summed E-state index contributed by atoms with van der Waals surface area (Å²) in [5.74, 6) is 3.36. The van der Waals surface area contributed by atoms with E-state index in [4.69, 9.17) is 9.47 Å². The maximum atomic E-state index is 6.68. The number of thiophene rings is 1. The van der Waals surface area contributed by atoms with Gasteiger partial charge in [0.05, 0.1) is 17.1 Å². The lowest BCUT2D eigenvalue weighted by Crippen LogP contribution is -2.60. The van der Waals surface area contributed by atoms with Crippen LogP contribution in [0.15, 0.2) is 252 Å². The fourth-order valence-corrected chi connectivity index (χ4v) is 14.8. The minimum Gasteiger partial charge on any atom is -0.457 e. The van der Waals surface area contributed by atoms with Gasteiger partial charge in [-0.2, -0.15) is 0 Å². The molecule has 0 saturated carbocycles. The average Bonchev–Trinajstić information content (AvgIpc) is 3.89. The Kier molecular flexibility index (Phi) is 9.26. The van der Waals surface area contributed by atoms with Crippen LogP contribution in [0.2, 0.25) is 0 Å². The molecule has 74 heavy (non-hydrogen) atoms. The highest BCUT2D eigenvalue weighted by atomic mass is 32.2. The van der Waals surface area contributed by atoms with E-state index in [0.717, 1.165) is 90.5 Å². The van der Waals surface area contributed by atoms with Gasteiger partial charge in [0.1, 0.15) is 11.5 Å². The lowest BCUT2D eigenvalue weighted by Gasteiger charge is -2.43. The summed E-state index contributed by atoms with van der Waals surface area (Å²) < 4.78 is 15.9. The molecule has 0 N–H and O–H groups in total. The maximum absolute atomic E-state index is 6.68. The molecule has 5 heterocycles. The molecule has 11 aromatic carbocycles. The van der Waals surface area contributed by atoms with Gasteiger partial charge < -0.3 is 19.3 Å². The summed E-state index contributed by atoms with van der Waals surface area (Å²) in [6.07, 6.45) is 0. The molecule has 4 aliphatic rings. The number of hydrogen-bond acceptors (Lipinski definition) is 6. The summed E-state index contributed by atoms with van der Waals surface area (Å²) in [6.45, 7) is -0.0729. The van der Waals surface area contributed by atoms with Crippen molar-refractivity contribution in [1.82, 2.24) is 0 Å². The van der Waals surface area contributed by atoms with Crippen LogP contribution in [-0.2, 0) is 0 Å². The van der Waals surface area contributed by atoms with Gasteiger partial charge in [-0.3, -0.25) is 0 Å². The maximum Gasteiger partial charge on any atom is 0.249 e.